The van der Waals surface area contributed by atoms with E-state index in [4.69, 9.17) is 16.1 Å². The zero-order valence-electron chi connectivity index (χ0n) is 13.4. The summed E-state index contributed by atoms with van der Waals surface area (Å²) in [5.41, 5.74) is -0.134. The Hall–Kier alpha value is -2.19. The van der Waals surface area contributed by atoms with Crippen LogP contribution in [-0.2, 0) is 14.6 Å². The average Bonchev–Trinajstić information content (AvgIpc) is 3.31. The molecule has 0 bridgehead atoms. The van der Waals surface area contributed by atoms with Crippen molar-refractivity contribution < 1.29 is 27.3 Å². The second kappa shape index (κ2) is 6.27. The minimum atomic E-state index is -3.46. The number of halogens is 1. The van der Waals surface area contributed by atoms with Gasteiger partial charge in [-0.3, -0.25) is 4.79 Å². The molecule has 1 heterocycles. The van der Waals surface area contributed by atoms with Crippen molar-refractivity contribution in [3.05, 3.63) is 45.8 Å². The summed E-state index contributed by atoms with van der Waals surface area (Å²) in [6.45, 7) is 0. The SMILES string of the molecule is COC(=O)c1noc(C2CC2)c1C(=O)c1ccc(S(C)(=O)=O)cc1Cl. The van der Waals surface area contributed by atoms with Gasteiger partial charge in [0.1, 0.15) is 5.56 Å². The summed E-state index contributed by atoms with van der Waals surface area (Å²) >= 11 is 6.11. The maximum Gasteiger partial charge on any atom is 0.361 e. The maximum atomic E-state index is 12.9. The lowest BCUT2D eigenvalue weighted by Crippen LogP contribution is -2.12. The van der Waals surface area contributed by atoms with E-state index in [0.717, 1.165) is 19.1 Å². The lowest BCUT2D eigenvalue weighted by molar-refractivity contribution is 0.0586. The molecule has 1 aromatic heterocycles. The minimum absolute atomic E-state index is 0.00465. The number of ether oxygens (including phenoxy) is 1. The first kappa shape index (κ1) is 17.6. The number of hydrogen-bond acceptors (Lipinski definition) is 7. The number of esters is 1. The first-order valence-corrected chi connectivity index (χ1v) is 9.63. The maximum absolute atomic E-state index is 12.9. The fourth-order valence-corrected chi connectivity index (χ4v) is 3.41. The van der Waals surface area contributed by atoms with Crippen molar-refractivity contribution in [3.8, 4) is 0 Å². The number of aromatic nitrogens is 1. The summed E-state index contributed by atoms with van der Waals surface area (Å²) in [4.78, 5) is 24.8. The Labute approximate surface area is 148 Å². The van der Waals surface area contributed by atoms with Gasteiger partial charge in [0, 0.05) is 17.7 Å². The zero-order chi connectivity index (χ0) is 18.4. The average molecular weight is 384 g/mol. The fraction of sp³-hybridized carbons (Fsp3) is 0.312. The molecule has 132 valence electrons. The van der Waals surface area contributed by atoms with Crippen LogP contribution in [0.2, 0.25) is 5.02 Å². The van der Waals surface area contributed by atoms with E-state index in [-0.39, 0.29) is 32.7 Å². The molecule has 0 spiro atoms. The molecule has 0 saturated heterocycles. The van der Waals surface area contributed by atoms with Crippen molar-refractivity contribution >= 4 is 33.2 Å². The highest BCUT2D eigenvalue weighted by Crippen LogP contribution is 2.43. The number of carbonyl (C=O) groups is 2. The number of carbonyl (C=O) groups excluding carboxylic acids is 2. The highest BCUT2D eigenvalue weighted by atomic mass is 35.5. The number of ketones is 1. The molecule has 0 aliphatic heterocycles. The van der Waals surface area contributed by atoms with Crippen LogP contribution in [0.15, 0.2) is 27.6 Å². The van der Waals surface area contributed by atoms with Crippen molar-refractivity contribution in [2.75, 3.05) is 13.4 Å². The molecule has 0 atom stereocenters. The van der Waals surface area contributed by atoms with Crippen LogP contribution in [0.5, 0.6) is 0 Å². The second-order valence-corrected chi connectivity index (χ2v) is 8.20. The third-order valence-corrected chi connectivity index (χ3v) is 5.31. The first-order valence-electron chi connectivity index (χ1n) is 7.36. The van der Waals surface area contributed by atoms with E-state index in [9.17, 15) is 18.0 Å². The van der Waals surface area contributed by atoms with E-state index < -0.39 is 21.6 Å². The van der Waals surface area contributed by atoms with Crippen LogP contribution in [-0.4, -0.2) is 38.7 Å². The van der Waals surface area contributed by atoms with Gasteiger partial charge in [0.05, 0.1) is 17.0 Å². The van der Waals surface area contributed by atoms with Crippen LogP contribution < -0.4 is 0 Å². The largest absolute Gasteiger partial charge is 0.464 e. The van der Waals surface area contributed by atoms with Crippen LogP contribution in [0.1, 0.15) is 50.9 Å². The highest BCUT2D eigenvalue weighted by molar-refractivity contribution is 7.90. The van der Waals surface area contributed by atoms with E-state index in [1.165, 1.54) is 25.3 Å². The molecule has 25 heavy (non-hydrogen) atoms. The van der Waals surface area contributed by atoms with Gasteiger partial charge < -0.3 is 9.26 Å². The minimum Gasteiger partial charge on any atom is -0.464 e. The standard InChI is InChI=1S/C16H14ClNO6S/c1-23-16(20)13-12(15(24-18-13)8-3-4-8)14(19)10-6-5-9(7-11(10)17)25(2,21)22/h5-8H,3-4H2,1-2H3. The van der Waals surface area contributed by atoms with Crippen LogP contribution in [0, 0.1) is 0 Å². The second-order valence-electron chi connectivity index (χ2n) is 5.78. The molecule has 1 aliphatic carbocycles. The number of nitrogens with zero attached hydrogens (tertiary/aromatic N) is 1. The Kier molecular flexibility index (Phi) is 4.42. The molecule has 1 fully saturated rings. The van der Waals surface area contributed by atoms with Crippen LogP contribution in [0.3, 0.4) is 0 Å². The lowest BCUT2D eigenvalue weighted by atomic mass is 9.99. The Bertz CT molecular complexity index is 975. The van der Waals surface area contributed by atoms with Crippen molar-refractivity contribution in [1.29, 1.82) is 0 Å². The van der Waals surface area contributed by atoms with E-state index in [1.54, 1.807) is 0 Å². The molecule has 1 aromatic carbocycles. The predicted molar refractivity (Wildman–Crippen MR) is 87.8 cm³/mol. The van der Waals surface area contributed by atoms with E-state index in [1.807, 2.05) is 0 Å². The monoisotopic (exact) mass is 383 g/mol. The summed E-state index contributed by atoms with van der Waals surface area (Å²) in [6, 6.07) is 3.80. The third-order valence-electron chi connectivity index (χ3n) is 3.89. The smallest absolute Gasteiger partial charge is 0.361 e. The van der Waals surface area contributed by atoms with Gasteiger partial charge in [0.15, 0.2) is 15.6 Å². The summed E-state index contributed by atoms with van der Waals surface area (Å²) in [5, 5.41) is 3.64. The number of rotatable bonds is 5. The summed E-state index contributed by atoms with van der Waals surface area (Å²) in [5.74, 6) is -0.996. The Balaban J connectivity index is 2.10. The van der Waals surface area contributed by atoms with E-state index in [2.05, 4.69) is 9.89 Å². The molecule has 0 unspecified atom stereocenters. The van der Waals surface area contributed by atoms with E-state index >= 15 is 0 Å². The Morgan fingerprint density at radius 2 is 2.00 bits per heavy atom. The molecule has 0 amide bonds. The van der Waals surface area contributed by atoms with Crippen molar-refractivity contribution in [3.63, 3.8) is 0 Å². The number of hydrogen-bond donors (Lipinski definition) is 0. The molecule has 9 heteroatoms. The molecule has 0 radical (unpaired) electrons. The zero-order valence-corrected chi connectivity index (χ0v) is 15.0. The summed E-state index contributed by atoms with van der Waals surface area (Å²) in [7, 11) is -2.28. The fourth-order valence-electron chi connectivity index (χ4n) is 2.43. The quantitative estimate of drug-likeness (QED) is 0.577. The first-order chi connectivity index (χ1) is 11.7. The van der Waals surface area contributed by atoms with Crippen molar-refractivity contribution in [1.82, 2.24) is 5.16 Å². The lowest BCUT2D eigenvalue weighted by Gasteiger charge is -2.06. The van der Waals surface area contributed by atoms with Gasteiger partial charge >= 0.3 is 5.97 Å². The van der Waals surface area contributed by atoms with Gasteiger partial charge in [-0.1, -0.05) is 16.8 Å². The molecular weight excluding hydrogens is 370 g/mol. The van der Waals surface area contributed by atoms with Gasteiger partial charge in [0.2, 0.25) is 11.5 Å². The van der Waals surface area contributed by atoms with Gasteiger partial charge in [0.25, 0.3) is 0 Å². The van der Waals surface area contributed by atoms with Crippen LogP contribution in [0.25, 0.3) is 0 Å². The highest BCUT2D eigenvalue weighted by Gasteiger charge is 2.37. The Morgan fingerprint density at radius 3 is 2.52 bits per heavy atom. The predicted octanol–water partition coefficient (Wildman–Crippen LogP) is 2.63. The molecule has 1 aliphatic rings. The van der Waals surface area contributed by atoms with Gasteiger partial charge in [-0.25, -0.2) is 13.2 Å². The normalized spacial score (nSPS) is 14.4. The Morgan fingerprint density at radius 1 is 1.32 bits per heavy atom. The molecule has 2 aromatic rings. The van der Waals surface area contributed by atoms with Gasteiger partial charge in [-0.2, -0.15) is 0 Å². The third kappa shape index (κ3) is 3.32. The number of methoxy groups -OCH3 is 1. The summed E-state index contributed by atoms with van der Waals surface area (Å²) < 4.78 is 33.0. The van der Waals surface area contributed by atoms with Gasteiger partial charge in [-0.05, 0) is 31.0 Å². The number of benzene rings is 1. The molecular formula is C16H14ClNO6S. The molecule has 0 N–H and O–H groups in total. The van der Waals surface area contributed by atoms with Crippen molar-refractivity contribution in [2.45, 2.75) is 23.7 Å². The molecule has 7 nitrogen and oxygen atoms in total. The summed E-state index contributed by atoms with van der Waals surface area (Å²) in [6.07, 6.45) is 2.70. The number of sulfone groups is 1. The topological polar surface area (TPSA) is 104 Å². The van der Waals surface area contributed by atoms with E-state index in [0.29, 0.717) is 5.76 Å². The van der Waals surface area contributed by atoms with Crippen LogP contribution in [0.4, 0.5) is 0 Å². The van der Waals surface area contributed by atoms with Crippen molar-refractivity contribution in [2.24, 2.45) is 0 Å². The van der Waals surface area contributed by atoms with Gasteiger partial charge in [-0.15, -0.1) is 0 Å². The van der Waals surface area contributed by atoms with Crippen LogP contribution >= 0.6 is 11.6 Å². The molecule has 3 rings (SSSR count). The molecule has 1 saturated carbocycles.